The molecule has 0 unspecified atom stereocenters. The van der Waals surface area contributed by atoms with E-state index < -0.39 is 0 Å². The van der Waals surface area contributed by atoms with E-state index in [1.807, 2.05) is 24.3 Å². The molecule has 0 aromatic heterocycles. The van der Waals surface area contributed by atoms with Gasteiger partial charge in [0.2, 0.25) is 0 Å². The minimum Gasteiger partial charge on any atom is -0.330 e. The standard InChI is InChI=1S/C22H26N2O2/c23-13-5-3-7-15-11-12-16(8-4-6-14-24)20-19(15)21(25)17-9-1-2-10-18(17)22(20)26/h1-2,9-12H,3-8,13-14,23-24H2. The number of ketones is 2. The van der Waals surface area contributed by atoms with Crippen LogP contribution in [0.1, 0.15) is 68.7 Å². The minimum atomic E-state index is -0.0291. The van der Waals surface area contributed by atoms with E-state index in [-0.39, 0.29) is 11.6 Å². The summed E-state index contributed by atoms with van der Waals surface area (Å²) in [7, 11) is 0. The van der Waals surface area contributed by atoms with Gasteiger partial charge in [0, 0.05) is 22.3 Å². The highest BCUT2D eigenvalue weighted by atomic mass is 16.1. The Morgan fingerprint density at radius 3 is 1.42 bits per heavy atom. The number of benzene rings is 2. The SMILES string of the molecule is NCCCCc1ccc(CCCCN)c2c1C(=O)c1ccccc1C2=O. The Balaban J connectivity index is 2.07. The normalized spacial score (nSPS) is 12.8. The molecule has 1 aliphatic rings. The average Bonchev–Trinajstić information content (AvgIpc) is 2.67. The maximum Gasteiger partial charge on any atom is 0.194 e. The largest absolute Gasteiger partial charge is 0.330 e. The first kappa shape index (κ1) is 18.5. The first-order valence-corrected chi connectivity index (χ1v) is 9.42. The van der Waals surface area contributed by atoms with E-state index >= 15 is 0 Å². The van der Waals surface area contributed by atoms with Crippen LogP contribution in [0, 0.1) is 0 Å². The third-order valence-corrected chi connectivity index (χ3v) is 5.05. The quantitative estimate of drug-likeness (QED) is 0.612. The Morgan fingerprint density at radius 2 is 1.04 bits per heavy atom. The van der Waals surface area contributed by atoms with Gasteiger partial charge in [-0.1, -0.05) is 36.4 Å². The van der Waals surface area contributed by atoms with Gasteiger partial charge in [0.1, 0.15) is 0 Å². The van der Waals surface area contributed by atoms with Crippen molar-refractivity contribution in [1.82, 2.24) is 0 Å². The van der Waals surface area contributed by atoms with Crippen LogP contribution in [0.4, 0.5) is 0 Å². The summed E-state index contributed by atoms with van der Waals surface area (Å²) in [6.45, 7) is 1.27. The Labute approximate surface area is 154 Å². The van der Waals surface area contributed by atoms with E-state index in [0.29, 0.717) is 35.3 Å². The average molecular weight is 350 g/mol. The maximum atomic E-state index is 13.2. The van der Waals surface area contributed by atoms with Gasteiger partial charge in [-0.25, -0.2) is 0 Å². The summed E-state index contributed by atoms with van der Waals surface area (Å²) in [5, 5.41) is 0. The molecule has 2 aromatic rings. The zero-order valence-electron chi connectivity index (χ0n) is 15.1. The fourth-order valence-corrected chi connectivity index (χ4v) is 3.69. The minimum absolute atomic E-state index is 0.0291. The molecule has 0 saturated carbocycles. The molecule has 4 nitrogen and oxygen atoms in total. The predicted octanol–water partition coefficient (Wildman–Crippen LogP) is 3.02. The summed E-state index contributed by atoms with van der Waals surface area (Å²) >= 11 is 0. The number of carbonyl (C=O) groups excluding carboxylic acids is 2. The van der Waals surface area contributed by atoms with Crippen molar-refractivity contribution in [2.75, 3.05) is 13.1 Å². The lowest BCUT2D eigenvalue weighted by Gasteiger charge is -2.23. The molecule has 3 rings (SSSR count). The smallest absolute Gasteiger partial charge is 0.194 e. The first-order chi connectivity index (χ1) is 12.7. The van der Waals surface area contributed by atoms with Crippen LogP contribution in [0.25, 0.3) is 0 Å². The van der Waals surface area contributed by atoms with Crippen LogP contribution in [-0.4, -0.2) is 24.7 Å². The first-order valence-electron chi connectivity index (χ1n) is 9.42. The molecule has 2 aromatic carbocycles. The van der Waals surface area contributed by atoms with E-state index in [4.69, 9.17) is 11.5 Å². The topological polar surface area (TPSA) is 86.2 Å². The summed E-state index contributed by atoms with van der Waals surface area (Å²) in [5.41, 5.74) is 15.4. The molecule has 0 bridgehead atoms. The second kappa shape index (κ2) is 8.39. The number of carbonyl (C=O) groups is 2. The van der Waals surface area contributed by atoms with Gasteiger partial charge < -0.3 is 11.5 Å². The molecule has 0 amide bonds. The summed E-state index contributed by atoms with van der Waals surface area (Å²) in [6, 6.07) is 11.2. The van der Waals surface area contributed by atoms with Gasteiger partial charge in [0.15, 0.2) is 11.6 Å². The lowest BCUT2D eigenvalue weighted by atomic mass is 9.78. The van der Waals surface area contributed by atoms with Gasteiger partial charge in [0.05, 0.1) is 0 Å². The fourth-order valence-electron chi connectivity index (χ4n) is 3.69. The van der Waals surface area contributed by atoms with Crippen LogP contribution in [0.2, 0.25) is 0 Å². The molecule has 0 fully saturated rings. The van der Waals surface area contributed by atoms with Crippen molar-refractivity contribution in [2.24, 2.45) is 11.5 Å². The van der Waals surface area contributed by atoms with Crippen LogP contribution < -0.4 is 11.5 Å². The van der Waals surface area contributed by atoms with E-state index in [9.17, 15) is 9.59 Å². The zero-order valence-corrected chi connectivity index (χ0v) is 15.1. The Morgan fingerprint density at radius 1 is 0.615 bits per heavy atom. The Bertz CT molecular complexity index is 759. The van der Waals surface area contributed by atoms with Crippen LogP contribution in [-0.2, 0) is 12.8 Å². The molecule has 0 heterocycles. The fraction of sp³-hybridized carbons (Fsp3) is 0.364. The Hall–Kier alpha value is -2.30. The summed E-state index contributed by atoms with van der Waals surface area (Å²) in [5.74, 6) is -0.0581. The molecule has 0 saturated heterocycles. The molecular weight excluding hydrogens is 324 g/mol. The van der Waals surface area contributed by atoms with E-state index in [1.165, 1.54) is 0 Å². The van der Waals surface area contributed by atoms with Crippen LogP contribution >= 0.6 is 0 Å². The Kier molecular flexibility index (Phi) is 5.96. The highest BCUT2D eigenvalue weighted by Gasteiger charge is 2.33. The van der Waals surface area contributed by atoms with Gasteiger partial charge in [-0.3, -0.25) is 9.59 Å². The number of rotatable bonds is 8. The molecule has 0 aliphatic heterocycles. The van der Waals surface area contributed by atoms with Gasteiger partial charge in [-0.05, 0) is 62.7 Å². The molecule has 0 spiro atoms. The van der Waals surface area contributed by atoms with Crippen molar-refractivity contribution in [3.8, 4) is 0 Å². The van der Waals surface area contributed by atoms with Gasteiger partial charge in [-0.2, -0.15) is 0 Å². The van der Waals surface area contributed by atoms with Crippen molar-refractivity contribution in [3.05, 3.63) is 69.8 Å². The number of hydrogen-bond donors (Lipinski definition) is 2. The van der Waals surface area contributed by atoms with Crippen molar-refractivity contribution in [1.29, 1.82) is 0 Å². The van der Waals surface area contributed by atoms with E-state index in [1.54, 1.807) is 12.1 Å². The number of fused-ring (bicyclic) bond motifs is 2. The molecule has 0 radical (unpaired) electrons. The van der Waals surface area contributed by atoms with Gasteiger partial charge >= 0.3 is 0 Å². The number of hydrogen-bond acceptors (Lipinski definition) is 4. The molecule has 4 N–H and O–H groups in total. The molecule has 4 heteroatoms. The van der Waals surface area contributed by atoms with E-state index in [0.717, 1.165) is 49.7 Å². The lowest BCUT2D eigenvalue weighted by molar-refractivity contribution is 0.0977. The number of unbranched alkanes of at least 4 members (excludes halogenated alkanes) is 2. The molecule has 0 atom stereocenters. The number of nitrogens with two attached hydrogens (primary N) is 2. The molecule has 136 valence electrons. The second-order valence-corrected chi connectivity index (χ2v) is 6.83. The third-order valence-electron chi connectivity index (χ3n) is 5.05. The number of aryl methyl sites for hydroxylation is 2. The van der Waals surface area contributed by atoms with Crippen molar-refractivity contribution >= 4 is 11.6 Å². The zero-order chi connectivity index (χ0) is 18.5. The third kappa shape index (κ3) is 3.48. The van der Waals surface area contributed by atoms with Gasteiger partial charge in [0.25, 0.3) is 0 Å². The lowest BCUT2D eigenvalue weighted by Crippen LogP contribution is -2.24. The highest BCUT2D eigenvalue weighted by molar-refractivity contribution is 6.29. The van der Waals surface area contributed by atoms with E-state index in [2.05, 4.69) is 0 Å². The molecule has 26 heavy (non-hydrogen) atoms. The van der Waals surface area contributed by atoms with Gasteiger partial charge in [-0.15, -0.1) is 0 Å². The van der Waals surface area contributed by atoms with Crippen LogP contribution in [0.3, 0.4) is 0 Å². The molecule has 1 aliphatic carbocycles. The summed E-state index contributed by atoms with van der Waals surface area (Å²) < 4.78 is 0. The van der Waals surface area contributed by atoms with Crippen LogP contribution in [0.5, 0.6) is 0 Å². The summed E-state index contributed by atoms with van der Waals surface area (Å²) in [4.78, 5) is 26.4. The van der Waals surface area contributed by atoms with Crippen molar-refractivity contribution in [3.63, 3.8) is 0 Å². The second-order valence-electron chi connectivity index (χ2n) is 6.83. The maximum absolute atomic E-state index is 13.2. The van der Waals surface area contributed by atoms with Crippen molar-refractivity contribution < 1.29 is 9.59 Å². The summed E-state index contributed by atoms with van der Waals surface area (Å²) in [6.07, 6.45) is 5.18. The monoisotopic (exact) mass is 350 g/mol. The molecular formula is C22H26N2O2. The van der Waals surface area contributed by atoms with Crippen LogP contribution in [0.15, 0.2) is 36.4 Å². The van der Waals surface area contributed by atoms with Crippen molar-refractivity contribution in [2.45, 2.75) is 38.5 Å². The highest BCUT2D eigenvalue weighted by Crippen LogP contribution is 2.33. The predicted molar refractivity (Wildman–Crippen MR) is 104 cm³/mol.